The van der Waals surface area contributed by atoms with Gasteiger partial charge in [-0.3, -0.25) is 4.99 Å². The molecule has 4 nitrogen and oxygen atoms in total. The smallest absolute Gasteiger partial charge is 0.349 e. The molecule has 0 spiro atoms. The van der Waals surface area contributed by atoms with E-state index in [-0.39, 0.29) is 6.17 Å². The van der Waals surface area contributed by atoms with Gasteiger partial charge in [-0.2, -0.15) is 0 Å². The molecule has 0 bridgehead atoms. The highest BCUT2D eigenvalue weighted by atomic mass is 16.5. The van der Waals surface area contributed by atoms with E-state index in [9.17, 15) is 0 Å². The van der Waals surface area contributed by atoms with E-state index in [0.717, 1.165) is 39.2 Å². The Hall–Kier alpha value is -6.48. The summed E-state index contributed by atoms with van der Waals surface area (Å²) in [7, 11) is 2.11. The summed E-state index contributed by atoms with van der Waals surface area (Å²) in [6.45, 7) is 0. The standard InChI is InChI=1S/C45H32N3O/c1-48-42(38-22-12-13-23-39(38)45-47-44(49-45)33-16-6-3-7-17-33)29-41(46-43(48)32-14-4-2-5-15-32)31-26-24-30(25-27-31)40-28-34-18-8-9-19-35(34)36-20-10-11-21-37(36)40/h2-29,43H,1H3/q+1. The number of hydrogen-bond donors (Lipinski definition) is 0. The topological polar surface area (TPSA) is 38.9 Å². The molecule has 2 aliphatic rings. The van der Waals surface area contributed by atoms with Gasteiger partial charge in [-0.15, -0.1) is 0 Å². The first-order chi connectivity index (χ1) is 24.2. The first kappa shape index (κ1) is 28.7. The minimum Gasteiger partial charge on any atom is -0.349 e. The zero-order valence-corrected chi connectivity index (χ0v) is 27.0. The Morgan fingerprint density at radius 1 is 0.531 bits per heavy atom. The van der Waals surface area contributed by atoms with Crippen LogP contribution >= 0.6 is 0 Å². The Balaban J connectivity index is 1.14. The van der Waals surface area contributed by atoms with Crippen LogP contribution in [-0.4, -0.2) is 29.5 Å². The van der Waals surface area contributed by atoms with Gasteiger partial charge in [0.05, 0.1) is 5.71 Å². The molecule has 0 fully saturated rings. The molecular formula is C45H32N3O+. The van der Waals surface area contributed by atoms with E-state index in [2.05, 4.69) is 139 Å². The summed E-state index contributed by atoms with van der Waals surface area (Å²) in [6, 6.07) is 57.3. The molecule has 2 aliphatic heterocycles. The van der Waals surface area contributed by atoms with Gasteiger partial charge in [-0.1, -0.05) is 140 Å². The van der Waals surface area contributed by atoms with Gasteiger partial charge >= 0.3 is 11.8 Å². The number of hydrogen-bond acceptors (Lipinski definition) is 3. The number of aliphatic imine (C=N–C) groups is 1. The summed E-state index contributed by atoms with van der Waals surface area (Å²) in [6.07, 6.45) is 1.99. The van der Waals surface area contributed by atoms with Crippen molar-refractivity contribution in [3.05, 3.63) is 198 Å². The number of fused-ring (bicyclic) bond motifs is 3. The number of benzene rings is 7. The van der Waals surface area contributed by atoms with Gasteiger partial charge < -0.3 is 9.64 Å². The van der Waals surface area contributed by atoms with E-state index in [0.29, 0.717) is 11.8 Å². The van der Waals surface area contributed by atoms with Crippen LogP contribution in [0.3, 0.4) is 0 Å². The van der Waals surface area contributed by atoms with E-state index in [4.69, 9.17) is 14.4 Å². The zero-order chi connectivity index (χ0) is 32.7. The van der Waals surface area contributed by atoms with Crippen LogP contribution in [0.25, 0.3) is 38.4 Å². The normalized spacial score (nSPS) is 15.5. The van der Waals surface area contributed by atoms with E-state index in [1.807, 2.05) is 42.5 Å². The Morgan fingerprint density at radius 2 is 1.12 bits per heavy atom. The summed E-state index contributed by atoms with van der Waals surface area (Å²) in [5.74, 6) is 1.26. The molecule has 0 N–H and O–H groups in total. The molecule has 232 valence electrons. The molecule has 1 unspecified atom stereocenters. The van der Waals surface area contributed by atoms with Crippen molar-refractivity contribution in [2.75, 3.05) is 7.05 Å². The number of ether oxygens (including phenoxy) is 1. The maximum absolute atomic E-state index is 6.20. The molecule has 7 aromatic carbocycles. The first-order valence-electron chi connectivity index (χ1n) is 16.6. The summed E-state index contributed by atoms with van der Waals surface area (Å²) in [4.78, 5) is 7.58. The van der Waals surface area contributed by atoms with Crippen LogP contribution in [-0.2, 0) is 4.74 Å². The molecule has 0 aliphatic carbocycles. The van der Waals surface area contributed by atoms with E-state index in [1.54, 1.807) is 0 Å². The van der Waals surface area contributed by atoms with Gasteiger partial charge in [0.2, 0.25) is 0 Å². The summed E-state index contributed by atoms with van der Waals surface area (Å²) < 4.78 is 11.0. The van der Waals surface area contributed by atoms with Crippen LogP contribution in [0.15, 0.2) is 175 Å². The van der Waals surface area contributed by atoms with Gasteiger partial charge in [0.1, 0.15) is 17.3 Å². The van der Waals surface area contributed by atoms with Crippen LogP contribution in [0, 0.1) is 0 Å². The van der Waals surface area contributed by atoms with Gasteiger partial charge in [-0.25, -0.2) is 0 Å². The molecule has 0 radical (unpaired) electrons. The van der Waals surface area contributed by atoms with E-state index in [1.165, 1.54) is 32.7 Å². The molecule has 0 saturated carbocycles. The molecule has 0 saturated heterocycles. The number of nitrogens with zero attached hydrogens (tertiary/aromatic N) is 3. The molecule has 7 aromatic rings. The lowest BCUT2D eigenvalue weighted by Gasteiger charge is -2.34. The third kappa shape index (κ3) is 5.12. The fourth-order valence-corrected chi connectivity index (χ4v) is 6.98. The third-order valence-electron chi connectivity index (χ3n) is 9.49. The molecule has 0 amide bonds. The summed E-state index contributed by atoms with van der Waals surface area (Å²) >= 11 is 0. The predicted molar refractivity (Wildman–Crippen MR) is 203 cm³/mol. The minimum absolute atomic E-state index is 0.205. The van der Waals surface area contributed by atoms with Crippen LogP contribution < -0.4 is 4.67 Å². The summed E-state index contributed by atoms with van der Waals surface area (Å²) in [5.41, 5.74) is 9.55. The second-order valence-corrected chi connectivity index (χ2v) is 12.4. The van der Waals surface area contributed by atoms with Crippen molar-refractivity contribution in [1.29, 1.82) is 0 Å². The highest BCUT2D eigenvalue weighted by Gasteiger charge is 2.38. The number of rotatable bonds is 6. The average Bonchev–Trinajstić information content (AvgIpc) is 3.15. The molecule has 0 aromatic heterocycles. The second-order valence-electron chi connectivity index (χ2n) is 12.4. The molecule has 1 atom stereocenters. The van der Waals surface area contributed by atoms with Crippen molar-refractivity contribution in [2.24, 2.45) is 4.99 Å². The zero-order valence-electron chi connectivity index (χ0n) is 27.0. The highest BCUT2D eigenvalue weighted by Crippen LogP contribution is 2.38. The number of allylic oxidation sites excluding steroid dienone is 1. The lowest BCUT2D eigenvalue weighted by molar-refractivity contribution is 0.364. The quantitative estimate of drug-likeness (QED) is 0.136. The van der Waals surface area contributed by atoms with Crippen LogP contribution in [0.4, 0.5) is 0 Å². The van der Waals surface area contributed by atoms with Crippen molar-refractivity contribution < 1.29 is 4.74 Å². The lowest BCUT2D eigenvalue weighted by Crippen LogP contribution is -2.32. The van der Waals surface area contributed by atoms with Crippen molar-refractivity contribution >= 4 is 44.7 Å². The maximum atomic E-state index is 6.20. The SMILES string of the molecule is CN1C(c2ccccc2C2=[N+]=C(c3ccccc3)O2)=CC(c2ccc(-c3cc4ccccc4c4ccccc34)cc2)=NC1c1ccccc1. The molecule has 2 heterocycles. The molecule has 4 heteroatoms. The van der Waals surface area contributed by atoms with E-state index >= 15 is 0 Å². The fraction of sp³-hybridized carbons (Fsp3) is 0.0444. The van der Waals surface area contributed by atoms with Gasteiger partial charge in [0.25, 0.3) is 0 Å². The van der Waals surface area contributed by atoms with E-state index < -0.39 is 0 Å². The third-order valence-corrected chi connectivity index (χ3v) is 9.49. The molecule has 9 rings (SSSR count). The average molecular weight is 631 g/mol. The van der Waals surface area contributed by atoms with Crippen molar-refractivity contribution in [2.45, 2.75) is 6.17 Å². The van der Waals surface area contributed by atoms with Gasteiger partial charge in [0.15, 0.2) is 0 Å². The Labute approximate surface area is 285 Å². The monoisotopic (exact) mass is 630 g/mol. The van der Waals surface area contributed by atoms with Crippen LogP contribution in [0.1, 0.15) is 34.0 Å². The predicted octanol–water partition coefficient (Wildman–Crippen LogP) is 9.43. The lowest BCUT2D eigenvalue weighted by atomic mass is 9.92. The minimum atomic E-state index is -0.205. The highest BCUT2D eigenvalue weighted by molar-refractivity contribution is 6.18. The fourth-order valence-electron chi connectivity index (χ4n) is 6.98. The van der Waals surface area contributed by atoms with Crippen molar-refractivity contribution in [1.82, 2.24) is 9.57 Å². The first-order valence-corrected chi connectivity index (χ1v) is 16.6. The second kappa shape index (κ2) is 12.0. The Morgan fingerprint density at radius 3 is 1.88 bits per heavy atom. The van der Waals surface area contributed by atoms with Gasteiger partial charge in [0, 0.05) is 23.0 Å². The largest absolute Gasteiger partial charge is 0.511 e. The van der Waals surface area contributed by atoms with Crippen LogP contribution in [0.5, 0.6) is 0 Å². The van der Waals surface area contributed by atoms with Gasteiger partial charge in [-0.05, 0) is 74.1 Å². The molecular weight excluding hydrogens is 599 g/mol. The van der Waals surface area contributed by atoms with Crippen molar-refractivity contribution in [3.8, 4) is 11.1 Å². The Kier molecular flexibility index (Phi) is 7.01. The Bertz CT molecular complexity index is 2510. The van der Waals surface area contributed by atoms with Crippen molar-refractivity contribution in [3.63, 3.8) is 0 Å². The molecule has 49 heavy (non-hydrogen) atoms. The summed E-state index contributed by atoms with van der Waals surface area (Å²) in [5, 5.41) is 5.04. The maximum Gasteiger partial charge on any atom is 0.511 e. The van der Waals surface area contributed by atoms with Crippen LogP contribution in [0.2, 0.25) is 0 Å².